The van der Waals surface area contributed by atoms with Crippen molar-refractivity contribution in [3.8, 4) is 0 Å². The minimum Gasteiger partial charge on any atom is -0.347 e. The van der Waals surface area contributed by atoms with E-state index in [0.717, 1.165) is 31.2 Å². The van der Waals surface area contributed by atoms with Crippen molar-refractivity contribution >= 4 is 16.5 Å². The number of aryl methyl sites for hydroxylation is 1. The van der Waals surface area contributed by atoms with E-state index in [-0.39, 0.29) is 0 Å². The van der Waals surface area contributed by atoms with E-state index in [9.17, 15) is 0 Å². The minimum absolute atomic E-state index is 0.838. The van der Waals surface area contributed by atoms with Crippen molar-refractivity contribution in [2.45, 2.75) is 33.4 Å². The Morgan fingerprint density at radius 2 is 2.20 bits per heavy atom. The van der Waals surface area contributed by atoms with E-state index < -0.39 is 0 Å². The predicted octanol–water partition coefficient (Wildman–Crippen LogP) is 2.85. The summed E-state index contributed by atoms with van der Waals surface area (Å²) in [6, 6.07) is 4.07. The standard InChI is InChI=1S/C15H22N4S/c1-4-13-14(10-16-5-2)20-15(18-13)19(3)11-12-7-6-8-17-9-12/h6-9,16H,4-5,10-11H2,1-3H3. The van der Waals surface area contributed by atoms with Crippen LogP contribution in [0.15, 0.2) is 24.5 Å². The lowest BCUT2D eigenvalue weighted by molar-refractivity contribution is 0.727. The molecule has 0 aromatic carbocycles. The minimum atomic E-state index is 0.838. The number of hydrogen-bond acceptors (Lipinski definition) is 5. The Labute approximate surface area is 124 Å². The Morgan fingerprint density at radius 1 is 1.35 bits per heavy atom. The maximum absolute atomic E-state index is 4.76. The SMILES string of the molecule is CCNCc1sc(N(C)Cc2cccnc2)nc1CC. The van der Waals surface area contributed by atoms with Gasteiger partial charge in [0.15, 0.2) is 5.13 Å². The molecule has 20 heavy (non-hydrogen) atoms. The maximum atomic E-state index is 4.76. The number of pyridine rings is 1. The molecule has 4 nitrogen and oxygen atoms in total. The van der Waals surface area contributed by atoms with E-state index in [1.54, 1.807) is 17.5 Å². The molecule has 0 radical (unpaired) electrons. The highest BCUT2D eigenvalue weighted by Crippen LogP contribution is 2.27. The number of anilines is 1. The predicted molar refractivity (Wildman–Crippen MR) is 85.2 cm³/mol. The average Bonchev–Trinajstić information content (AvgIpc) is 2.89. The van der Waals surface area contributed by atoms with Gasteiger partial charge in [0, 0.05) is 37.4 Å². The first-order valence-electron chi connectivity index (χ1n) is 7.03. The maximum Gasteiger partial charge on any atom is 0.185 e. The largest absolute Gasteiger partial charge is 0.347 e. The highest BCUT2D eigenvalue weighted by atomic mass is 32.1. The number of aromatic nitrogens is 2. The summed E-state index contributed by atoms with van der Waals surface area (Å²) in [6.07, 6.45) is 4.69. The summed E-state index contributed by atoms with van der Waals surface area (Å²) >= 11 is 1.78. The molecule has 0 unspecified atom stereocenters. The molecule has 0 saturated heterocycles. The second-order valence-corrected chi connectivity index (χ2v) is 5.78. The van der Waals surface area contributed by atoms with Crippen LogP contribution in [0.25, 0.3) is 0 Å². The Bertz CT molecular complexity index is 524. The molecule has 0 aliphatic rings. The monoisotopic (exact) mass is 290 g/mol. The molecular formula is C15H22N4S. The number of hydrogen-bond donors (Lipinski definition) is 1. The summed E-state index contributed by atoms with van der Waals surface area (Å²) in [7, 11) is 2.09. The van der Waals surface area contributed by atoms with Gasteiger partial charge in [-0.2, -0.15) is 0 Å². The van der Waals surface area contributed by atoms with E-state index >= 15 is 0 Å². The molecule has 1 N–H and O–H groups in total. The quantitative estimate of drug-likeness (QED) is 0.851. The molecule has 0 bridgehead atoms. The van der Waals surface area contributed by atoms with Gasteiger partial charge in [0.1, 0.15) is 0 Å². The number of thiazole rings is 1. The molecular weight excluding hydrogens is 268 g/mol. The molecule has 5 heteroatoms. The van der Waals surface area contributed by atoms with E-state index in [4.69, 9.17) is 4.98 Å². The molecule has 0 amide bonds. The van der Waals surface area contributed by atoms with Gasteiger partial charge in [-0.15, -0.1) is 11.3 Å². The highest BCUT2D eigenvalue weighted by Gasteiger charge is 2.12. The summed E-state index contributed by atoms with van der Waals surface area (Å²) in [4.78, 5) is 12.5. The normalized spacial score (nSPS) is 10.8. The van der Waals surface area contributed by atoms with Gasteiger partial charge in [-0.1, -0.05) is 19.9 Å². The molecule has 0 fully saturated rings. The van der Waals surface area contributed by atoms with E-state index in [1.165, 1.54) is 16.1 Å². The second kappa shape index (κ2) is 7.36. The van der Waals surface area contributed by atoms with Crippen molar-refractivity contribution in [3.05, 3.63) is 40.7 Å². The summed E-state index contributed by atoms with van der Waals surface area (Å²) in [5.41, 5.74) is 2.42. The molecule has 0 spiro atoms. The van der Waals surface area contributed by atoms with Crippen molar-refractivity contribution in [3.63, 3.8) is 0 Å². The molecule has 108 valence electrons. The van der Waals surface area contributed by atoms with Crippen LogP contribution >= 0.6 is 11.3 Å². The molecule has 0 aliphatic carbocycles. The van der Waals surface area contributed by atoms with Gasteiger partial charge in [0.2, 0.25) is 0 Å². The Kier molecular flexibility index (Phi) is 5.49. The molecule has 0 atom stereocenters. The number of nitrogens with zero attached hydrogens (tertiary/aromatic N) is 3. The molecule has 2 rings (SSSR count). The topological polar surface area (TPSA) is 41.0 Å². The lowest BCUT2D eigenvalue weighted by Gasteiger charge is -2.15. The molecule has 0 saturated carbocycles. The van der Waals surface area contributed by atoms with Crippen LogP contribution in [-0.4, -0.2) is 23.6 Å². The van der Waals surface area contributed by atoms with E-state index in [1.807, 2.05) is 12.3 Å². The first-order valence-corrected chi connectivity index (χ1v) is 7.85. The van der Waals surface area contributed by atoms with Gasteiger partial charge in [0.25, 0.3) is 0 Å². The fourth-order valence-corrected chi connectivity index (χ4v) is 3.10. The van der Waals surface area contributed by atoms with Crippen LogP contribution in [-0.2, 0) is 19.5 Å². The van der Waals surface area contributed by atoms with Crippen molar-refractivity contribution < 1.29 is 0 Å². The molecule has 2 heterocycles. The van der Waals surface area contributed by atoms with Crippen LogP contribution in [0.2, 0.25) is 0 Å². The Morgan fingerprint density at radius 3 is 2.85 bits per heavy atom. The van der Waals surface area contributed by atoms with Gasteiger partial charge in [-0.05, 0) is 24.6 Å². The summed E-state index contributed by atoms with van der Waals surface area (Å²) < 4.78 is 0. The van der Waals surface area contributed by atoms with E-state index in [0.29, 0.717) is 0 Å². The van der Waals surface area contributed by atoms with Gasteiger partial charge in [-0.3, -0.25) is 4.98 Å². The van der Waals surface area contributed by atoms with Crippen LogP contribution in [0.1, 0.15) is 30.0 Å². The van der Waals surface area contributed by atoms with Crippen molar-refractivity contribution in [2.24, 2.45) is 0 Å². The van der Waals surface area contributed by atoms with Crippen LogP contribution < -0.4 is 10.2 Å². The Hall–Kier alpha value is -1.46. The van der Waals surface area contributed by atoms with Crippen molar-refractivity contribution in [1.29, 1.82) is 0 Å². The molecule has 2 aromatic rings. The van der Waals surface area contributed by atoms with Crippen molar-refractivity contribution in [1.82, 2.24) is 15.3 Å². The average molecular weight is 290 g/mol. The van der Waals surface area contributed by atoms with Crippen LogP contribution in [0, 0.1) is 0 Å². The van der Waals surface area contributed by atoms with Gasteiger partial charge >= 0.3 is 0 Å². The zero-order valence-electron chi connectivity index (χ0n) is 12.4. The Balaban J connectivity index is 2.09. The van der Waals surface area contributed by atoms with Gasteiger partial charge in [-0.25, -0.2) is 4.98 Å². The molecule has 0 aliphatic heterocycles. The third kappa shape index (κ3) is 3.77. The second-order valence-electron chi connectivity index (χ2n) is 4.72. The smallest absolute Gasteiger partial charge is 0.185 e. The fourth-order valence-electron chi connectivity index (χ4n) is 2.02. The van der Waals surface area contributed by atoms with E-state index in [2.05, 4.69) is 42.2 Å². The number of nitrogens with one attached hydrogen (secondary N) is 1. The van der Waals surface area contributed by atoms with Crippen LogP contribution in [0.4, 0.5) is 5.13 Å². The first-order chi connectivity index (χ1) is 9.74. The third-order valence-corrected chi connectivity index (χ3v) is 4.32. The zero-order chi connectivity index (χ0) is 14.4. The fraction of sp³-hybridized carbons (Fsp3) is 0.467. The summed E-state index contributed by atoms with van der Waals surface area (Å²) in [5, 5.41) is 4.47. The van der Waals surface area contributed by atoms with Crippen LogP contribution in [0.3, 0.4) is 0 Å². The van der Waals surface area contributed by atoms with Gasteiger partial charge < -0.3 is 10.2 Å². The zero-order valence-corrected chi connectivity index (χ0v) is 13.2. The first kappa shape index (κ1) is 14.9. The lowest BCUT2D eigenvalue weighted by Crippen LogP contribution is -2.16. The summed E-state index contributed by atoms with van der Waals surface area (Å²) in [5.74, 6) is 0. The van der Waals surface area contributed by atoms with Gasteiger partial charge in [0.05, 0.1) is 5.69 Å². The number of rotatable bonds is 7. The third-order valence-electron chi connectivity index (χ3n) is 3.11. The summed E-state index contributed by atoms with van der Waals surface area (Å²) in [6.45, 7) is 7.03. The lowest BCUT2D eigenvalue weighted by atomic mass is 10.3. The molecule has 2 aromatic heterocycles. The van der Waals surface area contributed by atoms with Crippen LogP contribution in [0.5, 0.6) is 0 Å². The highest BCUT2D eigenvalue weighted by molar-refractivity contribution is 7.15. The van der Waals surface area contributed by atoms with Crippen molar-refractivity contribution in [2.75, 3.05) is 18.5 Å².